The molecule has 2 rings (SSSR count). The summed E-state index contributed by atoms with van der Waals surface area (Å²) in [6.45, 7) is 2.01. The van der Waals surface area contributed by atoms with Gasteiger partial charge in [-0.2, -0.15) is 0 Å². The molecule has 21 heavy (non-hydrogen) atoms. The third-order valence-corrected chi connectivity index (χ3v) is 3.32. The number of nitrogen functional groups attached to an aromatic ring is 1. The molecule has 0 fully saturated rings. The van der Waals surface area contributed by atoms with E-state index in [-0.39, 0.29) is 11.5 Å². The number of hydrogen-bond acceptors (Lipinski definition) is 5. The molecule has 0 unspecified atom stereocenters. The molecule has 0 saturated carbocycles. The van der Waals surface area contributed by atoms with Crippen molar-refractivity contribution in [2.75, 3.05) is 5.73 Å². The first kappa shape index (κ1) is 14.7. The molecule has 0 bridgehead atoms. The van der Waals surface area contributed by atoms with Crippen molar-refractivity contribution in [2.24, 2.45) is 24.3 Å². The molecule has 7 nitrogen and oxygen atoms in total. The first-order chi connectivity index (χ1) is 9.97. The van der Waals surface area contributed by atoms with Crippen LogP contribution in [0.5, 0.6) is 0 Å². The van der Waals surface area contributed by atoms with E-state index in [0.29, 0.717) is 5.69 Å². The molecular formula is C14H17N5O2. The number of rotatable bonds is 3. The highest BCUT2D eigenvalue weighted by Gasteiger charge is 2.12. The van der Waals surface area contributed by atoms with Crippen molar-refractivity contribution < 1.29 is 0 Å². The normalized spacial score (nSPS) is 11.2. The molecule has 2 N–H and O–H groups in total. The van der Waals surface area contributed by atoms with Gasteiger partial charge in [-0.3, -0.25) is 13.9 Å². The van der Waals surface area contributed by atoms with Gasteiger partial charge in [0, 0.05) is 14.1 Å². The predicted octanol–water partition coefficient (Wildman–Crippen LogP) is 1.64. The Morgan fingerprint density at radius 2 is 1.76 bits per heavy atom. The molecule has 110 valence electrons. The summed E-state index contributed by atoms with van der Waals surface area (Å²) >= 11 is 0. The summed E-state index contributed by atoms with van der Waals surface area (Å²) < 4.78 is 2.12. The number of benzene rings is 1. The number of nitrogens with two attached hydrogens (primary N) is 1. The minimum absolute atomic E-state index is 0.000768. The van der Waals surface area contributed by atoms with Gasteiger partial charge in [-0.1, -0.05) is 25.1 Å². The van der Waals surface area contributed by atoms with Crippen LogP contribution in [-0.4, -0.2) is 9.13 Å². The zero-order chi connectivity index (χ0) is 15.6. The number of azo groups is 1. The van der Waals surface area contributed by atoms with Crippen LogP contribution in [-0.2, 0) is 20.5 Å². The second-order valence-corrected chi connectivity index (χ2v) is 4.62. The number of aryl methyl sites for hydroxylation is 1. The lowest BCUT2D eigenvalue weighted by Gasteiger charge is -2.07. The third-order valence-electron chi connectivity index (χ3n) is 3.32. The highest BCUT2D eigenvalue weighted by atomic mass is 16.2. The van der Waals surface area contributed by atoms with Gasteiger partial charge in [-0.15, -0.1) is 10.2 Å². The van der Waals surface area contributed by atoms with Crippen LogP contribution in [0, 0.1) is 0 Å². The topological polar surface area (TPSA) is 94.7 Å². The fraction of sp³-hybridized carbons (Fsp3) is 0.286. The summed E-state index contributed by atoms with van der Waals surface area (Å²) in [7, 11) is 2.86. The van der Waals surface area contributed by atoms with Crippen molar-refractivity contribution in [3.63, 3.8) is 0 Å². The predicted molar refractivity (Wildman–Crippen MR) is 81.3 cm³/mol. The Bertz CT molecular complexity index is 817. The molecule has 0 atom stereocenters. The zero-order valence-corrected chi connectivity index (χ0v) is 12.2. The van der Waals surface area contributed by atoms with Crippen molar-refractivity contribution in [1.29, 1.82) is 0 Å². The van der Waals surface area contributed by atoms with E-state index in [1.807, 2.05) is 31.2 Å². The van der Waals surface area contributed by atoms with E-state index >= 15 is 0 Å². The highest BCUT2D eigenvalue weighted by molar-refractivity contribution is 5.56. The van der Waals surface area contributed by atoms with Gasteiger partial charge < -0.3 is 5.73 Å². The number of anilines is 1. The summed E-state index contributed by atoms with van der Waals surface area (Å²) in [5, 5.41) is 8.05. The van der Waals surface area contributed by atoms with E-state index in [4.69, 9.17) is 5.73 Å². The molecule has 2 aromatic rings. The smallest absolute Gasteiger partial charge is 0.332 e. The van der Waals surface area contributed by atoms with Gasteiger partial charge >= 0.3 is 5.69 Å². The molecular weight excluding hydrogens is 270 g/mol. The first-order valence-electron chi connectivity index (χ1n) is 6.52. The van der Waals surface area contributed by atoms with Crippen LogP contribution in [0.1, 0.15) is 12.5 Å². The molecule has 0 amide bonds. The minimum atomic E-state index is -0.562. The lowest BCUT2D eigenvalue weighted by atomic mass is 10.1. The van der Waals surface area contributed by atoms with Gasteiger partial charge in [0.15, 0.2) is 5.69 Å². The Morgan fingerprint density at radius 1 is 1.10 bits per heavy atom. The van der Waals surface area contributed by atoms with Crippen molar-refractivity contribution in [2.45, 2.75) is 13.3 Å². The molecule has 1 aromatic carbocycles. The van der Waals surface area contributed by atoms with Crippen LogP contribution in [0.15, 0.2) is 44.1 Å². The number of hydrogen-bond donors (Lipinski definition) is 1. The van der Waals surface area contributed by atoms with E-state index in [0.717, 1.165) is 16.6 Å². The quantitative estimate of drug-likeness (QED) is 0.869. The van der Waals surface area contributed by atoms with Crippen LogP contribution in [0.2, 0.25) is 0 Å². The Hall–Kier alpha value is -2.70. The molecule has 7 heteroatoms. The van der Waals surface area contributed by atoms with Crippen LogP contribution >= 0.6 is 0 Å². The maximum Gasteiger partial charge on any atom is 0.332 e. The molecule has 1 heterocycles. The van der Waals surface area contributed by atoms with Gasteiger partial charge in [0.25, 0.3) is 5.56 Å². The van der Waals surface area contributed by atoms with Gasteiger partial charge in [-0.05, 0) is 18.1 Å². The zero-order valence-electron chi connectivity index (χ0n) is 12.2. The average molecular weight is 287 g/mol. The lowest BCUT2D eigenvalue weighted by Crippen LogP contribution is -2.37. The standard InChI is InChI=1S/C14H17N5O2/c1-4-9-7-5-6-8-10(9)16-17-11-12(15)18(2)14(21)19(3)13(11)20/h5-8H,4,15H2,1-3H3. The Kier molecular flexibility index (Phi) is 4.02. The summed E-state index contributed by atoms with van der Waals surface area (Å²) in [5.74, 6) is 0.000768. The molecule has 0 aliphatic rings. The SMILES string of the molecule is CCc1ccccc1N=Nc1c(N)n(C)c(=O)n(C)c1=O. The van der Waals surface area contributed by atoms with Gasteiger partial charge in [0.1, 0.15) is 5.82 Å². The second-order valence-electron chi connectivity index (χ2n) is 4.62. The van der Waals surface area contributed by atoms with Crippen LogP contribution in [0.3, 0.4) is 0 Å². The maximum atomic E-state index is 12.1. The second kappa shape index (κ2) is 5.74. The first-order valence-corrected chi connectivity index (χ1v) is 6.52. The largest absolute Gasteiger partial charge is 0.383 e. The number of aromatic nitrogens is 2. The molecule has 0 radical (unpaired) electrons. The Morgan fingerprint density at radius 3 is 2.43 bits per heavy atom. The summed E-state index contributed by atoms with van der Waals surface area (Å²) in [6, 6.07) is 7.51. The van der Waals surface area contributed by atoms with Gasteiger partial charge in [0.2, 0.25) is 0 Å². The molecule has 1 aromatic heterocycles. The summed E-state index contributed by atoms with van der Waals surface area (Å²) in [5.41, 5.74) is 6.38. The summed E-state index contributed by atoms with van der Waals surface area (Å²) in [6.07, 6.45) is 0.802. The maximum absolute atomic E-state index is 12.1. The van der Waals surface area contributed by atoms with E-state index in [2.05, 4.69) is 10.2 Å². The monoisotopic (exact) mass is 287 g/mol. The van der Waals surface area contributed by atoms with Crippen LogP contribution < -0.4 is 17.0 Å². The molecule has 0 aliphatic heterocycles. The van der Waals surface area contributed by atoms with Gasteiger partial charge in [0.05, 0.1) is 5.69 Å². The van der Waals surface area contributed by atoms with Crippen molar-refractivity contribution in [3.8, 4) is 0 Å². The molecule has 0 spiro atoms. The van der Waals surface area contributed by atoms with E-state index in [9.17, 15) is 9.59 Å². The third kappa shape index (κ3) is 2.62. The minimum Gasteiger partial charge on any atom is -0.383 e. The van der Waals surface area contributed by atoms with E-state index in [1.54, 1.807) is 0 Å². The van der Waals surface area contributed by atoms with Crippen molar-refractivity contribution >= 4 is 17.2 Å². The van der Waals surface area contributed by atoms with Crippen molar-refractivity contribution in [3.05, 3.63) is 50.7 Å². The lowest BCUT2D eigenvalue weighted by molar-refractivity contribution is 0.694. The fourth-order valence-electron chi connectivity index (χ4n) is 1.95. The molecule has 0 aliphatic carbocycles. The number of nitrogens with zero attached hydrogens (tertiary/aromatic N) is 4. The van der Waals surface area contributed by atoms with E-state index in [1.165, 1.54) is 18.7 Å². The molecule has 0 saturated heterocycles. The summed E-state index contributed by atoms with van der Waals surface area (Å²) in [4.78, 5) is 23.8. The fourth-order valence-corrected chi connectivity index (χ4v) is 1.95. The highest BCUT2D eigenvalue weighted by Crippen LogP contribution is 2.23. The Balaban J connectivity index is 2.57. The average Bonchev–Trinajstić information content (AvgIpc) is 2.51. The van der Waals surface area contributed by atoms with Crippen LogP contribution in [0.4, 0.5) is 17.2 Å². The van der Waals surface area contributed by atoms with Crippen molar-refractivity contribution in [1.82, 2.24) is 9.13 Å². The van der Waals surface area contributed by atoms with E-state index < -0.39 is 11.2 Å². The Labute approximate surface area is 121 Å². The van der Waals surface area contributed by atoms with Gasteiger partial charge in [-0.25, -0.2) is 4.79 Å². The van der Waals surface area contributed by atoms with Crippen LogP contribution in [0.25, 0.3) is 0 Å².